The van der Waals surface area contributed by atoms with Gasteiger partial charge in [-0.05, 0) is 0 Å². The molecule has 0 radical (unpaired) electrons. The fraction of sp³-hybridized carbons (Fsp3) is 0.833. The van der Waals surface area contributed by atoms with Crippen molar-refractivity contribution in [1.82, 2.24) is 0 Å². The van der Waals surface area contributed by atoms with Crippen molar-refractivity contribution in [3.05, 3.63) is 0 Å². The van der Waals surface area contributed by atoms with Crippen LogP contribution in [-0.4, -0.2) is 45.2 Å². The summed E-state index contributed by atoms with van der Waals surface area (Å²) >= 11 is 3.77. The maximum Gasteiger partial charge on any atom is 0.206 e. The topological polar surface area (TPSA) is 93.7 Å². The van der Waals surface area contributed by atoms with Gasteiger partial charge in [0.1, 0.15) is 23.7 Å². The Morgan fingerprint density at radius 2 is 2.17 bits per heavy atom. The van der Waals surface area contributed by atoms with Crippen molar-refractivity contribution in [2.45, 2.75) is 23.2 Å². The Bertz CT molecular complexity index is 218. The number of rotatable bonds is 1. The number of aliphatic hydroxyl groups excluding tert-OH is 3. The van der Waals surface area contributed by atoms with Gasteiger partial charge in [-0.2, -0.15) is 5.26 Å². The van der Waals surface area contributed by atoms with Gasteiger partial charge in [0, 0.05) is 0 Å². The lowest BCUT2D eigenvalue weighted by atomic mass is 9.98. The fourth-order valence-corrected chi connectivity index (χ4v) is 1.40. The number of hydrogen-bond acceptors (Lipinski definition) is 6. The Balaban J connectivity index is 2.89. The second-order valence-electron chi connectivity index (χ2n) is 2.60. The van der Waals surface area contributed by atoms with Crippen molar-refractivity contribution in [1.29, 1.82) is 5.26 Å². The van der Waals surface area contributed by atoms with E-state index in [0.717, 1.165) is 0 Å². The molecule has 0 aromatic rings. The first kappa shape index (κ1) is 9.77. The highest BCUT2D eigenvalue weighted by molar-refractivity contribution is 7.80. The van der Waals surface area contributed by atoms with Crippen LogP contribution >= 0.6 is 12.6 Å². The van der Waals surface area contributed by atoms with E-state index in [9.17, 15) is 5.11 Å². The zero-order chi connectivity index (χ0) is 9.35. The van der Waals surface area contributed by atoms with Crippen LogP contribution in [0.15, 0.2) is 0 Å². The summed E-state index contributed by atoms with van der Waals surface area (Å²) in [7, 11) is 0. The molecule has 1 fully saturated rings. The Morgan fingerprint density at radius 3 is 2.33 bits per heavy atom. The lowest BCUT2D eigenvalue weighted by Crippen LogP contribution is -2.44. The Morgan fingerprint density at radius 1 is 1.58 bits per heavy atom. The van der Waals surface area contributed by atoms with Gasteiger partial charge in [0.25, 0.3) is 0 Å². The van der Waals surface area contributed by atoms with Gasteiger partial charge in [0.15, 0.2) is 0 Å². The fourth-order valence-electron chi connectivity index (χ4n) is 1.05. The minimum absolute atomic E-state index is 0.668. The highest BCUT2D eigenvalue weighted by Crippen LogP contribution is 2.31. The van der Waals surface area contributed by atoms with Crippen molar-refractivity contribution < 1.29 is 20.1 Å². The van der Waals surface area contributed by atoms with Gasteiger partial charge in [-0.25, -0.2) is 0 Å². The monoisotopic (exact) mass is 191 g/mol. The van der Waals surface area contributed by atoms with Crippen LogP contribution in [0.25, 0.3) is 0 Å². The van der Waals surface area contributed by atoms with Crippen LogP contribution < -0.4 is 0 Å². The highest BCUT2D eigenvalue weighted by Gasteiger charge is 2.53. The number of nitriles is 1. The van der Waals surface area contributed by atoms with Crippen LogP contribution in [-0.2, 0) is 4.74 Å². The molecule has 0 amide bonds. The number of nitrogens with zero attached hydrogens (tertiary/aromatic N) is 1. The molecule has 0 aliphatic carbocycles. The van der Waals surface area contributed by atoms with Gasteiger partial charge >= 0.3 is 0 Å². The SMILES string of the molecule is N#CC1(CO)OC(S)C(O)C1O. The molecular weight excluding hydrogens is 182 g/mol. The molecule has 3 N–H and O–H groups in total. The van der Waals surface area contributed by atoms with Crippen molar-refractivity contribution in [3.63, 3.8) is 0 Å². The average molecular weight is 191 g/mol. The lowest BCUT2D eigenvalue weighted by molar-refractivity contribution is -0.0588. The van der Waals surface area contributed by atoms with E-state index in [-0.39, 0.29) is 0 Å². The summed E-state index contributed by atoms with van der Waals surface area (Å²) in [6.45, 7) is -0.668. The van der Waals surface area contributed by atoms with Gasteiger partial charge in [-0.15, -0.1) is 12.6 Å². The molecule has 5 nitrogen and oxygen atoms in total. The molecule has 68 valence electrons. The molecule has 1 rings (SSSR count). The summed E-state index contributed by atoms with van der Waals surface area (Å²) < 4.78 is 4.82. The molecule has 0 spiro atoms. The second kappa shape index (κ2) is 3.20. The molecule has 0 aromatic carbocycles. The number of ether oxygens (including phenoxy) is 1. The van der Waals surface area contributed by atoms with E-state index in [1.807, 2.05) is 0 Å². The minimum atomic E-state index is -1.73. The number of hydrogen-bond donors (Lipinski definition) is 4. The molecule has 4 atom stereocenters. The Kier molecular flexibility index (Phi) is 2.61. The largest absolute Gasteiger partial charge is 0.392 e. The molecule has 6 heteroatoms. The molecule has 0 aromatic heterocycles. The molecule has 1 saturated heterocycles. The highest BCUT2D eigenvalue weighted by atomic mass is 32.1. The molecule has 1 heterocycles. The molecule has 12 heavy (non-hydrogen) atoms. The van der Waals surface area contributed by atoms with E-state index < -0.39 is 29.9 Å². The average Bonchev–Trinajstić information content (AvgIpc) is 2.30. The normalized spacial score (nSPS) is 47.4. The van der Waals surface area contributed by atoms with Crippen LogP contribution in [0.4, 0.5) is 0 Å². The molecule has 1 aliphatic heterocycles. The number of aliphatic hydroxyl groups is 3. The van der Waals surface area contributed by atoms with Crippen LogP contribution in [0.1, 0.15) is 0 Å². The van der Waals surface area contributed by atoms with E-state index in [0.29, 0.717) is 0 Å². The quantitative estimate of drug-likeness (QED) is 0.369. The molecule has 0 bridgehead atoms. The van der Waals surface area contributed by atoms with E-state index >= 15 is 0 Å². The Labute approximate surface area is 74.6 Å². The van der Waals surface area contributed by atoms with Gasteiger partial charge in [-0.3, -0.25) is 0 Å². The van der Waals surface area contributed by atoms with Gasteiger partial charge in [0.05, 0.1) is 6.61 Å². The third kappa shape index (κ3) is 1.20. The van der Waals surface area contributed by atoms with Gasteiger partial charge < -0.3 is 20.1 Å². The van der Waals surface area contributed by atoms with Crippen molar-refractivity contribution >= 4 is 12.6 Å². The maximum atomic E-state index is 9.27. The van der Waals surface area contributed by atoms with Gasteiger partial charge in [-0.1, -0.05) is 0 Å². The van der Waals surface area contributed by atoms with E-state index in [2.05, 4.69) is 12.6 Å². The van der Waals surface area contributed by atoms with E-state index in [1.54, 1.807) is 6.07 Å². The third-order valence-electron chi connectivity index (χ3n) is 1.85. The molecular formula is C6H9NO4S. The van der Waals surface area contributed by atoms with Crippen molar-refractivity contribution in [2.75, 3.05) is 6.61 Å². The van der Waals surface area contributed by atoms with E-state index in [4.69, 9.17) is 20.2 Å². The predicted molar refractivity (Wildman–Crippen MR) is 41.3 cm³/mol. The van der Waals surface area contributed by atoms with Crippen LogP contribution in [0.5, 0.6) is 0 Å². The lowest BCUT2D eigenvalue weighted by Gasteiger charge is -2.20. The first-order chi connectivity index (χ1) is 5.57. The summed E-state index contributed by atoms with van der Waals surface area (Å²) in [5.74, 6) is 0. The van der Waals surface area contributed by atoms with Crippen LogP contribution in [0.2, 0.25) is 0 Å². The molecule has 4 unspecified atom stereocenters. The zero-order valence-corrected chi connectivity index (χ0v) is 6.98. The summed E-state index contributed by atoms with van der Waals surface area (Å²) in [5, 5.41) is 35.8. The predicted octanol–water partition coefficient (Wildman–Crippen LogP) is -1.75. The Hall–Kier alpha value is -0.320. The molecule has 0 saturated carbocycles. The first-order valence-electron chi connectivity index (χ1n) is 3.31. The summed E-state index contributed by atoms with van der Waals surface area (Å²) in [4.78, 5) is 0. The van der Waals surface area contributed by atoms with Crippen molar-refractivity contribution in [2.24, 2.45) is 0 Å². The minimum Gasteiger partial charge on any atom is -0.392 e. The second-order valence-corrected chi connectivity index (χ2v) is 3.11. The van der Waals surface area contributed by atoms with Crippen LogP contribution in [0, 0.1) is 11.3 Å². The summed E-state index contributed by atoms with van der Waals surface area (Å²) in [6, 6.07) is 1.61. The maximum absolute atomic E-state index is 9.27. The smallest absolute Gasteiger partial charge is 0.206 e. The summed E-state index contributed by atoms with van der Waals surface area (Å²) in [5.41, 5.74) is -2.67. The summed E-state index contributed by atoms with van der Waals surface area (Å²) in [6.07, 6.45) is -2.67. The standard InChI is InChI=1S/C6H9NO4S/c7-1-6(2-8)4(10)3(9)5(12)11-6/h3-5,8-10,12H,2H2. The van der Waals surface area contributed by atoms with E-state index in [1.165, 1.54) is 0 Å². The van der Waals surface area contributed by atoms with Gasteiger partial charge in [0.2, 0.25) is 5.60 Å². The van der Waals surface area contributed by atoms with Crippen molar-refractivity contribution in [3.8, 4) is 6.07 Å². The third-order valence-corrected chi connectivity index (χ3v) is 2.26. The first-order valence-corrected chi connectivity index (χ1v) is 3.83. The number of thiol groups is 1. The van der Waals surface area contributed by atoms with Crippen LogP contribution in [0.3, 0.4) is 0 Å². The molecule has 1 aliphatic rings. The zero-order valence-electron chi connectivity index (χ0n) is 6.08.